The molecule has 0 spiro atoms. The number of hydrogen-bond donors (Lipinski definition) is 0. The molecule has 0 aromatic carbocycles. The van der Waals surface area contributed by atoms with Crippen LogP contribution in [-0.2, 0) is 9.47 Å². The van der Waals surface area contributed by atoms with Gasteiger partial charge in [0.2, 0.25) is 0 Å². The third-order valence-electron chi connectivity index (χ3n) is 1.53. The molecule has 0 aromatic heterocycles. The molecule has 10 heavy (non-hydrogen) atoms. The fraction of sp³-hybridized carbons (Fsp3) is 1.00. The lowest BCUT2D eigenvalue weighted by atomic mass is 10.1. The minimum absolute atomic E-state index is 0.678. The minimum Gasteiger partial charge on any atom is -0.382 e. The van der Waals surface area contributed by atoms with Gasteiger partial charge in [-0.2, -0.15) is 0 Å². The fourth-order valence-corrected chi connectivity index (χ4v) is 0.545. The summed E-state index contributed by atoms with van der Waals surface area (Å²) in [6, 6.07) is 0. The molecule has 0 heterocycles. The van der Waals surface area contributed by atoms with E-state index in [2.05, 4.69) is 13.8 Å². The number of methoxy groups -OCH3 is 1. The molecule has 0 radical (unpaired) electrons. The Kier molecular flexibility index (Phi) is 6.98. The van der Waals surface area contributed by atoms with Crippen LogP contribution in [0, 0.1) is 5.92 Å². The maximum absolute atomic E-state index is 5.30. The maximum atomic E-state index is 5.30. The van der Waals surface area contributed by atoms with E-state index in [1.807, 2.05) is 0 Å². The first-order valence-corrected chi connectivity index (χ1v) is 3.88. The first-order chi connectivity index (χ1) is 4.81. The molecule has 1 unspecified atom stereocenters. The van der Waals surface area contributed by atoms with E-state index in [9.17, 15) is 0 Å². The standard InChI is InChI=1S/C8H18O2/c1-4-8(2)7-10-6-5-9-3/h8H,4-7H2,1-3H3. The van der Waals surface area contributed by atoms with Crippen molar-refractivity contribution in [3.8, 4) is 0 Å². The van der Waals surface area contributed by atoms with Gasteiger partial charge in [-0.15, -0.1) is 0 Å². The molecule has 0 amide bonds. The predicted molar refractivity (Wildman–Crippen MR) is 42.2 cm³/mol. The number of hydrogen-bond acceptors (Lipinski definition) is 2. The molecule has 0 aliphatic carbocycles. The van der Waals surface area contributed by atoms with Gasteiger partial charge in [-0.3, -0.25) is 0 Å². The smallest absolute Gasteiger partial charge is 0.0700 e. The van der Waals surface area contributed by atoms with Crippen LogP contribution in [-0.4, -0.2) is 26.9 Å². The van der Waals surface area contributed by atoms with Crippen molar-refractivity contribution < 1.29 is 9.47 Å². The molecule has 0 N–H and O–H groups in total. The van der Waals surface area contributed by atoms with Gasteiger partial charge in [0.25, 0.3) is 0 Å². The summed E-state index contributed by atoms with van der Waals surface area (Å²) in [5.74, 6) is 0.678. The quantitative estimate of drug-likeness (QED) is 0.531. The van der Waals surface area contributed by atoms with Crippen LogP contribution in [0.15, 0.2) is 0 Å². The van der Waals surface area contributed by atoms with Crippen LogP contribution in [0.4, 0.5) is 0 Å². The van der Waals surface area contributed by atoms with E-state index >= 15 is 0 Å². The zero-order chi connectivity index (χ0) is 7.82. The normalized spacial score (nSPS) is 13.5. The minimum atomic E-state index is 0.678. The largest absolute Gasteiger partial charge is 0.382 e. The van der Waals surface area contributed by atoms with Crippen molar-refractivity contribution in [1.29, 1.82) is 0 Å². The van der Waals surface area contributed by atoms with E-state index in [0.29, 0.717) is 12.5 Å². The molecule has 0 saturated heterocycles. The molecule has 2 nitrogen and oxygen atoms in total. The van der Waals surface area contributed by atoms with E-state index in [4.69, 9.17) is 9.47 Å². The Labute approximate surface area is 63.5 Å². The summed E-state index contributed by atoms with van der Waals surface area (Å²) in [6.45, 7) is 6.65. The van der Waals surface area contributed by atoms with E-state index in [1.165, 1.54) is 6.42 Å². The van der Waals surface area contributed by atoms with E-state index in [-0.39, 0.29) is 0 Å². The summed E-state index contributed by atoms with van der Waals surface area (Å²) < 4.78 is 10.1. The van der Waals surface area contributed by atoms with Crippen molar-refractivity contribution in [2.75, 3.05) is 26.9 Å². The Bertz CT molecular complexity index is 64.3. The Hall–Kier alpha value is -0.0800. The molecule has 0 aliphatic rings. The van der Waals surface area contributed by atoms with Crippen LogP contribution < -0.4 is 0 Å². The Morgan fingerprint density at radius 1 is 1.30 bits per heavy atom. The molecule has 0 aromatic rings. The van der Waals surface area contributed by atoms with Crippen LogP contribution in [0.25, 0.3) is 0 Å². The van der Waals surface area contributed by atoms with Gasteiger partial charge in [-0.25, -0.2) is 0 Å². The summed E-state index contributed by atoms with van der Waals surface area (Å²) in [5, 5.41) is 0. The van der Waals surface area contributed by atoms with Gasteiger partial charge < -0.3 is 9.47 Å². The Balaban J connectivity index is 2.89. The second-order valence-corrected chi connectivity index (χ2v) is 2.58. The molecule has 0 bridgehead atoms. The highest BCUT2D eigenvalue weighted by molar-refractivity contribution is 4.45. The molecule has 62 valence electrons. The topological polar surface area (TPSA) is 18.5 Å². The Morgan fingerprint density at radius 2 is 2.00 bits per heavy atom. The summed E-state index contributed by atoms with van der Waals surface area (Å²) in [4.78, 5) is 0. The van der Waals surface area contributed by atoms with Crippen LogP contribution in [0.3, 0.4) is 0 Å². The van der Waals surface area contributed by atoms with Crippen LogP contribution in [0.5, 0.6) is 0 Å². The van der Waals surface area contributed by atoms with Gasteiger partial charge in [0, 0.05) is 13.7 Å². The summed E-state index contributed by atoms with van der Waals surface area (Å²) in [7, 11) is 1.69. The summed E-state index contributed by atoms with van der Waals surface area (Å²) >= 11 is 0. The average molecular weight is 146 g/mol. The average Bonchev–Trinajstić information content (AvgIpc) is 1.98. The Morgan fingerprint density at radius 3 is 2.50 bits per heavy atom. The lowest BCUT2D eigenvalue weighted by Crippen LogP contribution is -2.08. The van der Waals surface area contributed by atoms with E-state index < -0.39 is 0 Å². The molecule has 0 fully saturated rings. The molecule has 0 aliphatic heterocycles. The van der Waals surface area contributed by atoms with Crippen LogP contribution in [0.2, 0.25) is 0 Å². The molecule has 0 saturated carbocycles. The molecule has 2 heteroatoms. The first-order valence-electron chi connectivity index (χ1n) is 3.88. The predicted octanol–water partition coefficient (Wildman–Crippen LogP) is 1.70. The van der Waals surface area contributed by atoms with Crippen LogP contribution >= 0.6 is 0 Å². The van der Waals surface area contributed by atoms with E-state index in [1.54, 1.807) is 7.11 Å². The molecular formula is C8H18O2. The second kappa shape index (κ2) is 7.03. The van der Waals surface area contributed by atoms with E-state index in [0.717, 1.165) is 13.2 Å². The highest BCUT2D eigenvalue weighted by Gasteiger charge is 1.96. The maximum Gasteiger partial charge on any atom is 0.0700 e. The SMILES string of the molecule is CCC(C)COCCOC. The van der Waals surface area contributed by atoms with Crippen molar-refractivity contribution in [2.45, 2.75) is 20.3 Å². The highest BCUT2D eigenvalue weighted by atomic mass is 16.5. The van der Waals surface area contributed by atoms with Crippen molar-refractivity contribution in [1.82, 2.24) is 0 Å². The zero-order valence-electron chi connectivity index (χ0n) is 7.22. The third-order valence-corrected chi connectivity index (χ3v) is 1.53. The van der Waals surface area contributed by atoms with Crippen molar-refractivity contribution in [3.05, 3.63) is 0 Å². The first kappa shape index (κ1) is 9.92. The number of ether oxygens (including phenoxy) is 2. The summed E-state index contributed by atoms with van der Waals surface area (Å²) in [6.07, 6.45) is 1.19. The molecule has 0 rings (SSSR count). The molecule has 1 atom stereocenters. The fourth-order valence-electron chi connectivity index (χ4n) is 0.545. The van der Waals surface area contributed by atoms with Crippen molar-refractivity contribution in [3.63, 3.8) is 0 Å². The van der Waals surface area contributed by atoms with Gasteiger partial charge in [0.05, 0.1) is 13.2 Å². The monoisotopic (exact) mass is 146 g/mol. The van der Waals surface area contributed by atoms with Crippen molar-refractivity contribution in [2.24, 2.45) is 5.92 Å². The highest BCUT2D eigenvalue weighted by Crippen LogP contribution is 1.99. The second-order valence-electron chi connectivity index (χ2n) is 2.58. The lowest BCUT2D eigenvalue weighted by molar-refractivity contribution is 0.0538. The van der Waals surface area contributed by atoms with Gasteiger partial charge in [0.1, 0.15) is 0 Å². The van der Waals surface area contributed by atoms with Gasteiger partial charge in [-0.1, -0.05) is 20.3 Å². The summed E-state index contributed by atoms with van der Waals surface area (Å²) in [5.41, 5.74) is 0. The van der Waals surface area contributed by atoms with Crippen molar-refractivity contribution >= 4 is 0 Å². The number of rotatable bonds is 6. The van der Waals surface area contributed by atoms with Gasteiger partial charge in [0.15, 0.2) is 0 Å². The molecular weight excluding hydrogens is 128 g/mol. The zero-order valence-corrected chi connectivity index (χ0v) is 7.22. The van der Waals surface area contributed by atoms with Gasteiger partial charge >= 0.3 is 0 Å². The van der Waals surface area contributed by atoms with Crippen LogP contribution in [0.1, 0.15) is 20.3 Å². The lowest BCUT2D eigenvalue weighted by Gasteiger charge is -2.08. The third kappa shape index (κ3) is 6.05. The van der Waals surface area contributed by atoms with Gasteiger partial charge in [-0.05, 0) is 5.92 Å².